The highest BCUT2D eigenvalue weighted by molar-refractivity contribution is 7.98. The summed E-state index contributed by atoms with van der Waals surface area (Å²) in [5, 5.41) is 12.6. The molecule has 5 rings (SSSR count). The van der Waals surface area contributed by atoms with Crippen molar-refractivity contribution in [1.82, 2.24) is 14.9 Å². The molecular formula is C22H15ClN4O2S. The Morgan fingerprint density at radius 3 is 2.77 bits per heavy atom. The molecule has 0 amide bonds. The van der Waals surface area contributed by atoms with Crippen molar-refractivity contribution in [2.45, 2.75) is 10.9 Å². The van der Waals surface area contributed by atoms with Gasteiger partial charge in [-0.05, 0) is 34.5 Å². The van der Waals surface area contributed by atoms with Crippen LogP contribution in [0.4, 0.5) is 0 Å². The van der Waals surface area contributed by atoms with Crippen LogP contribution in [0.5, 0.6) is 0 Å². The second-order valence-corrected chi connectivity index (χ2v) is 8.10. The molecule has 6 nitrogen and oxygen atoms in total. The van der Waals surface area contributed by atoms with Gasteiger partial charge in [0.05, 0.1) is 0 Å². The van der Waals surface area contributed by atoms with Crippen LogP contribution in [0.3, 0.4) is 0 Å². The second kappa shape index (κ2) is 7.51. The first-order chi connectivity index (χ1) is 14.6. The summed E-state index contributed by atoms with van der Waals surface area (Å²) in [5.74, 6) is 7.23. The smallest absolute Gasteiger partial charge is 0.336 e. The average molecular weight is 435 g/mol. The van der Waals surface area contributed by atoms with Crippen LogP contribution >= 0.6 is 23.4 Å². The van der Waals surface area contributed by atoms with E-state index in [-0.39, 0.29) is 5.63 Å². The minimum Gasteiger partial charge on any atom is -0.423 e. The van der Waals surface area contributed by atoms with Crippen LogP contribution < -0.4 is 11.5 Å². The van der Waals surface area contributed by atoms with Crippen molar-refractivity contribution >= 4 is 45.1 Å². The summed E-state index contributed by atoms with van der Waals surface area (Å²) >= 11 is 7.47. The predicted octanol–water partition coefficient (Wildman–Crippen LogP) is 4.86. The lowest BCUT2D eigenvalue weighted by molar-refractivity contribution is 0.560. The Hall–Kier alpha value is -3.29. The standard InChI is InChI=1S/C22H15ClN4O2S/c23-16-6-3-5-14(10-16)21-25-26-22(27(21)24)30-12-15-11-19(28)29-18-9-8-13-4-1-2-7-17(13)20(15)18/h1-11H,12,24H2. The van der Waals surface area contributed by atoms with Crippen molar-refractivity contribution in [2.24, 2.45) is 0 Å². The molecule has 148 valence electrons. The number of nitrogens with zero attached hydrogens (tertiary/aromatic N) is 3. The first-order valence-corrected chi connectivity index (χ1v) is 10.5. The highest BCUT2D eigenvalue weighted by Gasteiger charge is 2.15. The minimum absolute atomic E-state index is 0.387. The summed E-state index contributed by atoms with van der Waals surface area (Å²) in [6.07, 6.45) is 0. The highest BCUT2D eigenvalue weighted by Crippen LogP contribution is 2.31. The van der Waals surface area contributed by atoms with Gasteiger partial charge in [0.2, 0.25) is 5.16 Å². The summed E-state index contributed by atoms with van der Waals surface area (Å²) < 4.78 is 6.86. The molecule has 0 saturated carbocycles. The summed E-state index contributed by atoms with van der Waals surface area (Å²) in [6, 6.07) is 20.6. The van der Waals surface area contributed by atoms with Crippen molar-refractivity contribution in [3.8, 4) is 11.4 Å². The van der Waals surface area contributed by atoms with Crippen molar-refractivity contribution in [1.29, 1.82) is 0 Å². The van der Waals surface area contributed by atoms with E-state index in [1.54, 1.807) is 12.1 Å². The maximum Gasteiger partial charge on any atom is 0.336 e. The van der Waals surface area contributed by atoms with Crippen LogP contribution in [0, 0.1) is 0 Å². The van der Waals surface area contributed by atoms with E-state index in [1.807, 2.05) is 48.5 Å². The van der Waals surface area contributed by atoms with Gasteiger partial charge >= 0.3 is 5.63 Å². The molecule has 2 N–H and O–H groups in total. The Balaban J connectivity index is 1.53. The van der Waals surface area contributed by atoms with Crippen LogP contribution in [0.25, 0.3) is 33.1 Å². The zero-order valence-electron chi connectivity index (χ0n) is 15.6. The van der Waals surface area contributed by atoms with E-state index in [4.69, 9.17) is 21.9 Å². The summed E-state index contributed by atoms with van der Waals surface area (Å²) in [6.45, 7) is 0. The molecule has 0 bridgehead atoms. The average Bonchev–Trinajstić information content (AvgIpc) is 3.12. The molecule has 0 unspecified atom stereocenters. The van der Waals surface area contributed by atoms with Crippen LogP contribution in [0.15, 0.2) is 81.1 Å². The fourth-order valence-corrected chi connectivity index (χ4v) is 4.50. The van der Waals surface area contributed by atoms with Gasteiger partial charge in [-0.25, -0.2) is 9.47 Å². The number of nitrogens with two attached hydrogens (primary N) is 1. The topological polar surface area (TPSA) is 86.9 Å². The van der Waals surface area contributed by atoms with Crippen LogP contribution in [-0.4, -0.2) is 14.9 Å². The number of benzene rings is 3. The number of hydrogen-bond donors (Lipinski definition) is 1. The molecule has 0 aliphatic heterocycles. The normalized spacial score (nSPS) is 11.4. The van der Waals surface area contributed by atoms with Gasteiger partial charge in [0.15, 0.2) is 5.82 Å². The van der Waals surface area contributed by atoms with Gasteiger partial charge in [-0.15, -0.1) is 10.2 Å². The lowest BCUT2D eigenvalue weighted by Gasteiger charge is -2.08. The van der Waals surface area contributed by atoms with Gasteiger partial charge in [-0.3, -0.25) is 0 Å². The molecule has 2 aromatic heterocycles. The molecule has 0 atom stereocenters. The van der Waals surface area contributed by atoms with E-state index in [0.29, 0.717) is 27.3 Å². The number of hydrogen-bond acceptors (Lipinski definition) is 6. The molecule has 30 heavy (non-hydrogen) atoms. The van der Waals surface area contributed by atoms with Crippen LogP contribution in [0.2, 0.25) is 5.02 Å². The van der Waals surface area contributed by atoms with E-state index < -0.39 is 0 Å². The fourth-order valence-electron chi connectivity index (χ4n) is 3.48. The number of nitrogen functional groups attached to an aromatic ring is 1. The van der Waals surface area contributed by atoms with E-state index in [9.17, 15) is 4.79 Å². The largest absolute Gasteiger partial charge is 0.423 e. The first-order valence-electron chi connectivity index (χ1n) is 9.14. The molecule has 0 aliphatic rings. The van der Waals surface area contributed by atoms with Crippen LogP contribution in [0.1, 0.15) is 5.56 Å². The molecule has 0 spiro atoms. The Morgan fingerprint density at radius 2 is 1.90 bits per heavy atom. The molecule has 3 aromatic carbocycles. The molecule has 5 aromatic rings. The third kappa shape index (κ3) is 3.32. The molecule has 0 saturated heterocycles. The van der Waals surface area contributed by atoms with E-state index in [1.165, 1.54) is 22.5 Å². The molecule has 0 fully saturated rings. The minimum atomic E-state index is -0.387. The SMILES string of the molecule is Nn1c(SCc2cc(=O)oc3ccc4ccccc4c23)nnc1-c1cccc(Cl)c1. The summed E-state index contributed by atoms with van der Waals surface area (Å²) in [7, 11) is 0. The lowest BCUT2D eigenvalue weighted by atomic mass is 10.0. The van der Waals surface area contributed by atoms with Crippen molar-refractivity contribution < 1.29 is 4.42 Å². The van der Waals surface area contributed by atoms with E-state index in [0.717, 1.165) is 27.3 Å². The maximum atomic E-state index is 12.1. The van der Waals surface area contributed by atoms with Crippen LogP contribution in [-0.2, 0) is 5.75 Å². The van der Waals surface area contributed by atoms with Gasteiger partial charge < -0.3 is 10.3 Å². The predicted molar refractivity (Wildman–Crippen MR) is 120 cm³/mol. The Kier molecular flexibility index (Phi) is 4.69. The number of halogens is 1. The van der Waals surface area contributed by atoms with E-state index >= 15 is 0 Å². The third-order valence-electron chi connectivity index (χ3n) is 4.82. The third-order valence-corrected chi connectivity index (χ3v) is 6.05. The Morgan fingerprint density at radius 1 is 1.03 bits per heavy atom. The molecule has 2 heterocycles. The Labute approximate surface area is 180 Å². The number of thioether (sulfide) groups is 1. The van der Waals surface area contributed by atoms with E-state index in [2.05, 4.69) is 10.2 Å². The zero-order chi connectivity index (χ0) is 20.7. The fraction of sp³-hybridized carbons (Fsp3) is 0.0455. The number of fused-ring (bicyclic) bond motifs is 3. The van der Waals surface area contributed by atoms with Gasteiger partial charge in [0, 0.05) is 27.8 Å². The van der Waals surface area contributed by atoms with Gasteiger partial charge in [0.25, 0.3) is 0 Å². The number of aromatic nitrogens is 3. The quantitative estimate of drug-likeness (QED) is 0.188. The maximum absolute atomic E-state index is 12.1. The highest BCUT2D eigenvalue weighted by atomic mass is 35.5. The van der Waals surface area contributed by atoms with Gasteiger partial charge in [0.1, 0.15) is 5.58 Å². The van der Waals surface area contributed by atoms with Crippen molar-refractivity contribution in [2.75, 3.05) is 5.84 Å². The number of rotatable bonds is 4. The molecule has 0 radical (unpaired) electrons. The van der Waals surface area contributed by atoms with Crippen molar-refractivity contribution in [3.63, 3.8) is 0 Å². The van der Waals surface area contributed by atoms with Gasteiger partial charge in [-0.1, -0.05) is 65.8 Å². The molecule has 8 heteroatoms. The summed E-state index contributed by atoms with van der Waals surface area (Å²) in [5.41, 5.74) is 1.81. The second-order valence-electron chi connectivity index (χ2n) is 6.73. The summed E-state index contributed by atoms with van der Waals surface area (Å²) in [4.78, 5) is 12.1. The Bertz CT molecular complexity index is 1460. The first kappa shape index (κ1) is 18.7. The zero-order valence-corrected chi connectivity index (χ0v) is 17.2. The van der Waals surface area contributed by atoms with Gasteiger partial charge in [-0.2, -0.15) is 0 Å². The monoisotopic (exact) mass is 434 g/mol. The molecular weight excluding hydrogens is 420 g/mol. The van der Waals surface area contributed by atoms with Crippen molar-refractivity contribution in [3.05, 3.63) is 87.7 Å². The lowest BCUT2D eigenvalue weighted by Crippen LogP contribution is -2.11. The molecule has 0 aliphatic carbocycles.